The molecular weight excluding hydrogens is 522 g/mol. The van der Waals surface area contributed by atoms with Gasteiger partial charge in [-0.15, -0.1) is 53.7 Å². The van der Waals surface area contributed by atoms with E-state index in [0.717, 1.165) is 6.42 Å². The molecule has 0 atom stereocenters. The van der Waals surface area contributed by atoms with Crippen molar-refractivity contribution < 1.29 is 17.0 Å². The second kappa shape index (κ2) is 22.1. The fourth-order valence-corrected chi connectivity index (χ4v) is 6.97. The van der Waals surface area contributed by atoms with Crippen LogP contribution in [0.15, 0.2) is 53.6 Å². The summed E-state index contributed by atoms with van der Waals surface area (Å²) in [7, 11) is 9.84. The first-order chi connectivity index (χ1) is 17.1. The van der Waals surface area contributed by atoms with Gasteiger partial charge in [-0.05, 0) is 25.2 Å². The number of hydrogen-bond acceptors (Lipinski definition) is 0. The summed E-state index contributed by atoms with van der Waals surface area (Å²) in [4.78, 5) is 0. The van der Waals surface area contributed by atoms with Crippen LogP contribution >= 0.6 is 26.5 Å². The van der Waals surface area contributed by atoms with Crippen molar-refractivity contribution in [1.29, 1.82) is 0 Å². The number of allylic oxidation sites excluding steroid dienone is 4. The van der Waals surface area contributed by atoms with E-state index in [1.165, 1.54) is 105 Å². The molecule has 0 spiro atoms. The van der Waals surface area contributed by atoms with Gasteiger partial charge in [0, 0.05) is 0 Å². The van der Waals surface area contributed by atoms with Crippen LogP contribution in [0.1, 0.15) is 105 Å². The predicted molar refractivity (Wildman–Crippen MR) is 160 cm³/mol. The molecular formula is C31H47Cl2PTi-2. The van der Waals surface area contributed by atoms with Crippen molar-refractivity contribution >= 4 is 42.6 Å². The molecule has 0 aromatic heterocycles. The zero-order valence-electron chi connectivity index (χ0n) is 22.6. The van der Waals surface area contributed by atoms with Crippen LogP contribution in [-0.2, 0) is 17.0 Å². The third kappa shape index (κ3) is 14.5. The van der Waals surface area contributed by atoms with E-state index in [9.17, 15) is 0 Å². The summed E-state index contributed by atoms with van der Waals surface area (Å²) in [6.07, 6.45) is 24.6. The van der Waals surface area contributed by atoms with Gasteiger partial charge in [0.2, 0.25) is 0 Å². The summed E-state index contributed by atoms with van der Waals surface area (Å²) in [6, 6.07) is 13.8. The maximum atomic E-state index is 4.89. The normalized spacial score (nSPS) is 12.5. The molecule has 2 aromatic rings. The molecule has 1 aliphatic carbocycles. The summed E-state index contributed by atoms with van der Waals surface area (Å²) in [5.41, 5.74) is 2.91. The van der Waals surface area contributed by atoms with Crippen LogP contribution in [-0.4, -0.2) is 12.3 Å². The number of hydrogen-bond donors (Lipinski definition) is 0. The molecule has 0 bridgehead atoms. The third-order valence-corrected chi connectivity index (χ3v) is 9.21. The molecule has 0 amide bonds. The maximum absolute atomic E-state index is 4.89. The first kappa shape index (κ1) is 33.1. The molecule has 0 unspecified atom stereocenters. The van der Waals surface area contributed by atoms with Crippen LogP contribution in [0.5, 0.6) is 0 Å². The van der Waals surface area contributed by atoms with Crippen LogP contribution in [0.25, 0.3) is 10.8 Å². The average Bonchev–Trinajstić information content (AvgIpc) is 3.48. The Kier molecular flexibility index (Phi) is 20.8. The minimum atomic E-state index is -0.556. The summed E-state index contributed by atoms with van der Waals surface area (Å²) >= 11 is -0.556. The van der Waals surface area contributed by atoms with Crippen LogP contribution in [0.2, 0.25) is 0 Å². The van der Waals surface area contributed by atoms with Gasteiger partial charge >= 0.3 is 35.6 Å². The van der Waals surface area contributed by atoms with Gasteiger partial charge in [-0.2, -0.15) is 12.1 Å². The van der Waals surface area contributed by atoms with Crippen molar-refractivity contribution in [3.05, 3.63) is 59.7 Å². The van der Waals surface area contributed by atoms with Gasteiger partial charge in [0.1, 0.15) is 0 Å². The number of unbranched alkanes of at least 4 members (excludes halogenated alkanes) is 7. The summed E-state index contributed by atoms with van der Waals surface area (Å²) in [5, 5.41) is 4.53. The molecule has 0 heterocycles. The van der Waals surface area contributed by atoms with Crippen molar-refractivity contribution in [1.82, 2.24) is 0 Å². The van der Waals surface area contributed by atoms with E-state index < -0.39 is 17.0 Å². The molecule has 0 radical (unpaired) electrons. The second-order valence-electron chi connectivity index (χ2n) is 9.37. The monoisotopic (exact) mass is 568 g/mol. The van der Waals surface area contributed by atoms with Crippen molar-refractivity contribution in [3.8, 4) is 0 Å². The van der Waals surface area contributed by atoms with Gasteiger partial charge in [-0.3, -0.25) is 6.08 Å². The van der Waals surface area contributed by atoms with Crippen LogP contribution in [0.4, 0.5) is 0 Å². The Hall–Kier alpha value is 0.0343. The van der Waals surface area contributed by atoms with Gasteiger partial charge in [-0.25, -0.2) is 11.1 Å². The number of rotatable bonds is 14. The van der Waals surface area contributed by atoms with Crippen molar-refractivity contribution in [2.24, 2.45) is 0 Å². The third-order valence-electron chi connectivity index (χ3n) is 6.51. The molecule has 0 N–H and O–H groups in total. The summed E-state index contributed by atoms with van der Waals surface area (Å²) in [6.45, 7) is 9.02. The molecule has 4 heteroatoms. The van der Waals surface area contributed by atoms with Crippen molar-refractivity contribution in [2.45, 2.75) is 105 Å². The SMILES string of the molecule is CCCCC1=[C-]CC=C1C.CCCCCCP(CCCCCC)c1cc2ccccc2[cH-]1.[Cl][Ti][Cl]. The standard InChI is InChI=1S/C21H32P.C10H15.2ClH.Ti/c1-3-5-7-11-15-22(16-12-8-6-4-2)21-17-19-13-9-10-14-20(19)18-21;1-3-4-7-10-8-5-6-9(10)2;;;/h9-10,13-14,17-18H,3-8,11-12,15-16H2,1-2H3;6H,3-5,7H2,1-2H3;2*1H;/q2*-1;;;+2/p-2. The topological polar surface area (TPSA) is 0 Å². The fourth-order valence-electron chi connectivity index (χ4n) is 4.37. The Labute approximate surface area is 235 Å². The zero-order chi connectivity index (χ0) is 25.7. The Balaban J connectivity index is 0.000000391. The molecule has 0 saturated heterocycles. The Morgan fingerprint density at radius 3 is 2.00 bits per heavy atom. The summed E-state index contributed by atoms with van der Waals surface area (Å²) < 4.78 is 0. The second-order valence-corrected chi connectivity index (χ2v) is 14.4. The van der Waals surface area contributed by atoms with E-state index in [1.54, 1.807) is 5.30 Å². The van der Waals surface area contributed by atoms with Gasteiger partial charge in [0.05, 0.1) is 0 Å². The Morgan fingerprint density at radius 2 is 1.49 bits per heavy atom. The van der Waals surface area contributed by atoms with Gasteiger partial charge in [0.15, 0.2) is 0 Å². The first-order valence-corrected chi connectivity index (χ1v) is 19.8. The van der Waals surface area contributed by atoms with E-state index >= 15 is 0 Å². The molecule has 0 fully saturated rings. The number of halogens is 2. The molecule has 0 aliphatic heterocycles. The zero-order valence-corrected chi connectivity index (χ0v) is 26.6. The Morgan fingerprint density at radius 1 is 0.886 bits per heavy atom. The quantitative estimate of drug-likeness (QED) is 0.0919. The van der Waals surface area contributed by atoms with Crippen LogP contribution in [0, 0.1) is 6.08 Å². The average molecular weight is 569 g/mol. The van der Waals surface area contributed by atoms with E-state index in [0.29, 0.717) is 0 Å². The molecule has 1 aliphatic rings. The Bertz CT molecular complexity index is 794. The van der Waals surface area contributed by atoms with Gasteiger partial charge in [-0.1, -0.05) is 92.5 Å². The molecule has 2 aromatic carbocycles. The van der Waals surface area contributed by atoms with E-state index in [-0.39, 0.29) is 7.92 Å². The number of fused-ring (bicyclic) bond motifs is 1. The molecule has 3 rings (SSSR count). The van der Waals surface area contributed by atoms with Gasteiger partial charge < -0.3 is 0 Å². The molecule has 0 nitrogen and oxygen atoms in total. The molecule has 0 saturated carbocycles. The molecule has 196 valence electrons. The van der Waals surface area contributed by atoms with Crippen molar-refractivity contribution in [3.63, 3.8) is 0 Å². The minimum absolute atomic E-state index is 0.0642. The summed E-state index contributed by atoms with van der Waals surface area (Å²) in [5.74, 6) is 0. The molecule has 35 heavy (non-hydrogen) atoms. The van der Waals surface area contributed by atoms with E-state index in [2.05, 4.69) is 76.2 Å². The number of benzene rings is 1. The van der Waals surface area contributed by atoms with Crippen LogP contribution < -0.4 is 5.30 Å². The van der Waals surface area contributed by atoms with E-state index in [4.69, 9.17) is 18.6 Å². The van der Waals surface area contributed by atoms with Crippen LogP contribution in [0.3, 0.4) is 0 Å². The fraction of sp³-hybridized carbons (Fsp3) is 0.581. The first-order valence-electron chi connectivity index (χ1n) is 13.7. The van der Waals surface area contributed by atoms with Gasteiger partial charge in [0.25, 0.3) is 0 Å². The van der Waals surface area contributed by atoms with E-state index in [1.807, 2.05) is 0 Å². The predicted octanol–water partition coefficient (Wildman–Crippen LogP) is 11.5. The van der Waals surface area contributed by atoms with Crippen molar-refractivity contribution in [2.75, 3.05) is 12.3 Å².